The zero-order valence-electron chi connectivity index (χ0n) is 12.9. The number of nitrogens with zero attached hydrogens (tertiary/aromatic N) is 3. The molecule has 0 spiro atoms. The van der Waals surface area contributed by atoms with Crippen LogP contribution in [0.5, 0.6) is 0 Å². The van der Waals surface area contributed by atoms with Gasteiger partial charge in [0.15, 0.2) is 11.5 Å². The van der Waals surface area contributed by atoms with Crippen molar-refractivity contribution in [2.24, 2.45) is 0 Å². The molecule has 2 aromatic heterocycles. The quantitative estimate of drug-likeness (QED) is 0.895. The van der Waals surface area contributed by atoms with Crippen molar-refractivity contribution in [2.75, 3.05) is 0 Å². The molecule has 7 nitrogen and oxygen atoms in total. The number of H-pyrrole nitrogens is 1. The molecule has 2 saturated carbocycles. The summed E-state index contributed by atoms with van der Waals surface area (Å²) >= 11 is 6.33. The smallest absolute Gasteiger partial charge is 0.274 e. The third kappa shape index (κ3) is 2.52. The van der Waals surface area contributed by atoms with Crippen LogP contribution in [0.1, 0.15) is 72.3 Å². The standard InChI is InChI=1S/C15H18ClN5O2/c1-8-17-14(21-23-8)15(6-2-3-7-15)18-13(22)12-10(16)11(19-20-12)9-4-5-9/h9H,2-7H2,1H3,(H,18,22)(H,19,20). The molecule has 0 saturated heterocycles. The maximum Gasteiger partial charge on any atom is 0.274 e. The van der Waals surface area contributed by atoms with Crippen LogP contribution in [-0.4, -0.2) is 26.2 Å². The van der Waals surface area contributed by atoms with Gasteiger partial charge in [0.25, 0.3) is 5.91 Å². The summed E-state index contributed by atoms with van der Waals surface area (Å²) in [5, 5.41) is 14.5. The van der Waals surface area contributed by atoms with Crippen molar-refractivity contribution >= 4 is 17.5 Å². The zero-order valence-corrected chi connectivity index (χ0v) is 13.6. The Hall–Kier alpha value is -1.89. The Bertz CT molecular complexity index is 743. The van der Waals surface area contributed by atoms with Gasteiger partial charge in [-0.1, -0.05) is 29.6 Å². The second-order valence-electron chi connectivity index (χ2n) is 6.45. The van der Waals surface area contributed by atoms with E-state index in [0.717, 1.165) is 44.2 Å². The predicted molar refractivity (Wildman–Crippen MR) is 82.2 cm³/mol. The summed E-state index contributed by atoms with van der Waals surface area (Å²) in [6.45, 7) is 1.74. The van der Waals surface area contributed by atoms with E-state index in [9.17, 15) is 4.79 Å². The van der Waals surface area contributed by atoms with E-state index >= 15 is 0 Å². The molecule has 0 aromatic carbocycles. The fourth-order valence-electron chi connectivity index (χ4n) is 3.29. The summed E-state index contributed by atoms with van der Waals surface area (Å²) in [4.78, 5) is 17.0. The SMILES string of the molecule is Cc1nc(C2(NC(=O)c3n[nH]c(C4CC4)c3Cl)CCCC2)no1. The number of amides is 1. The molecule has 0 bridgehead atoms. The molecule has 23 heavy (non-hydrogen) atoms. The number of hydrogen-bond donors (Lipinski definition) is 2. The van der Waals surface area contributed by atoms with E-state index in [-0.39, 0.29) is 11.6 Å². The fourth-order valence-corrected chi connectivity index (χ4v) is 3.61. The molecule has 2 aliphatic carbocycles. The first-order valence-electron chi connectivity index (χ1n) is 7.96. The minimum atomic E-state index is -0.586. The van der Waals surface area contributed by atoms with Crippen LogP contribution in [0.2, 0.25) is 5.02 Å². The lowest BCUT2D eigenvalue weighted by atomic mass is 9.96. The number of carbonyl (C=O) groups is 1. The third-order valence-electron chi connectivity index (χ3n) is 4.70. The molecule has 0 radical (unpaired) electrons. The van der Waals surface area contributed by atoms with Crippen LogP contribution in [-0.2, 0) is 5.54 Å². The van der Waals surface area contributed by atoms with Gasteiger partial charge in [0, 0.05) is 12.8 Å². The number of nitrogens with one attached hydrogen (secondary N) is 2. The number of aryl methyl sites for hydroxylation is 1. The lowest BCUT2D eigenvalue weighted by molar-refractivity contribution is 0.0887. The molecule has 0 atom stereocenters. The van der Waals surface area contributed by atoms with Gasteiger partial charge in [0.05, 0.1) is 10.7 Å². The Morgan fingerprint density at radius 3 is 2.74 bits per heavy atom. The topological polar surface area (TPSA) is 96.7 Å². The highest BCUT2D eigenvalue weighted by molar-refractivity contribution is 6.34. The van der Waals surface area contributed by atoms with Crippen LogP contribution >= 0.6 is 11.6 Å². The molecule has 0 unspecified atom stereocenters. The van der Waals surface area contributed by atoms with Gasteiger partial charge in [-0.25, -0.2) is 0 Å². The Morgan fingerprint density at radius 1 is 1.39 bits per heavy atom. The molecule has 4 rings (SSSR count). The maximum atomic E-state index is 12.7. The number of hydrogen-bond acceptors (Lipinski definition) is 5. The average Bonchev–Trinajstić information content (AvgIpc) is 2.93. The third-order valence-corrected chi connectivity index (χ3v) is 5.08. The highest BCUT2D eigenvalue weighted by Crippen LogP contribution is 2.43. The van der Waals surface area contributed by atoms with Crippen LogP contribution in [0.15, 0.2) is 4.52 Å². The van der Waals surface area contributed by atoms with Crippen LogP contribution in [0.25, 0.3) is 0 Å². The minimum Gasteiger partial charge on any atom is -0.340 e. The van der Waals surface area contributed by atoms with Crippen molar-refractivity contribution in [1.29, 1.82) is 0 Å². The molecular weight excluding hydrogens is 318 g/mol. The second kappa shape index (κ2) is 5.33. The molecule has 2 aliphatic rings. The number of halogens is 1. The van der Waals surface area contributed by atoms with Crippen molar-refractivity contribution in [3.8, 4) is 0 Å². The van der Waals surface area contributed by atoms with Crippen LogP contribution in [0, 0.1) is 6.92 Å². The zero-order chi connectivity index (χ0) is 16.0. The monoisotopic (exact) mass is 335 g/mol. The summed E-state index contributed by atoms with van der Waals surface area (Å²) in [6.07, 6.45) is 5.78. The molecule has 2 heterocycles. The van der Waals surface area contributed by atoms with Gasteiger partial charge in [0.2, 0.25) is 5.89 Å². The van der Waals surface area contributed by atoms with E-state index in [0.29, 0.717) is 22.7 Å². The van der Waals surface area contributed by atoms with Crippen molar-refractivity contribution in [1.82, 2.24) is 25.7 Å². The van der Waals surface area contributed by atoms with Crippen molar-refractivity contribution in [3.63, 3.8) is 0 Å². The molecule has 8 heteroatoms. The second-order valence-corrected chi connectivity index (χ2v) is 6.83. The summed E-state index contributed by atoms with van der Waals surface area (Å²) < 4.78 is 5.10. The maximum absolute atomic E-state index is 12.7. The van der Waals surface area contributed by atoms with Gasteiger partial charge < -0.3 is 9.84 Å². The summed E-state index contributed by atoms with van der Waals surface area (Å²) in [6, 6.07) is 0. The molecule has 2 fully saturated rings. The normalized spacial score (nSPS) is 19.9. The van der Waals surface area contributed by atoms with Crippen molar-refractivity contribution in [2.45, 2.75) is 56.9 Å². The van der Waals surface area contributed by atoms with E-state index < -0.39 is 5.54 Å². The first-order chi connectivity index (χ1) is 11.1. The van der Waals surface area contributed by atoms with E-state index in [1.165, 1.54) is 0 Å². The lowest BCUT2D eigenvalue weighted by Crippen LogP contribution is -2.45. The van der Waals surface area contributed by atoms with E-state index in [1.807, 2.05) is 0 Å². The Kier molecular flexibility index (Phi) is 3.41. The first-order valence-corrected chi connectivity index (χ1v) is 8.34. The Balaban J connectivity index is 1.61. The molecule has 122 valence electrons. The molecule has 1 amide bonds. The Morgan fingerprint density at radius 2 is 2.13 bits per heavy atom. The summed E-state index contributed by atoms with van der Waals surface area (Å²) in [5.41, 5.74) is 0.532. The highest BCUT2D eigenvalue weighted by Gasteiger charge is 2.42. The van der Waals surface area contributed by atoms with Crippen LogP contribution < -0.4 is 5.32 Å². The van der Waals surface area contributed by atoms with Gasteiger partial charge in [-0.05, 0) is 25.7 Å². The van der Waals surface area contributed by atoms with Crippen molar-refractivity contribution < 1.29 is 9.32 Å². The van der Waals surface area contributed by atoms with Gasteiger partial charge >= 0.3 is 0 Å². The first kappa shape index (κ1) is 14.7. The molecule has 2 N–H and O–H groups in total. The predicted octanol–water partition coefficient (Wildman–Crippen LogP) is 2.83. The molecule has 2 aromatic rings. The van der Waals surface area contributed by atoms with Crippen molar-refractivity contribution in [3.05, 3.63) is 28.1 Å². The van der Waals surface area contributed by atoms with Gasteiger partial charge in [0.1, 0.15) is 5.54 Å². The van der Waals surface area contributed by atoms with Gasteiger partial charge in [-0.15, -0.1) is 0 Å². The number of carbonyl (C=O) groups excluding carboxylic acids is 1. The molecular formula is C15H18ClN5O2. The van der Waals surface area contributed by atoms with E-state index in [1.54, 1.807) is 6.92 Å². The molecule has 0 aliphatic heterocycles. The van der Waals surface area contributed by atoms with Crippen LogP contribution in [0.4, 0.5) is 0 Å². The number of aromatic nitrogens is 4. The Labute approximate surface area is 138 Å². The van der Waals surface area contributed by atoms with E-state index in [2.05, 4.69) is 25.7 Å². The summed E-state index contributed by atoms with van der Waals surface area (Å²) in [7, 11) is 0. The largest absolute Gasteiger partial charge is 0.340 e. The average molecular weight is 336 g/mol. The number of aromatic amines is 1. The fraction of sp³-hybridized carbons (Fsp3) is 0.600. The van der Waals surface area contributed by atoms with Crippen LogP contribution in [0.3, 0.4) is 0 Å². The highest BCUT2D eigenvalue weighted by atomic mass is 35.5. The van der Waals surface area contributed by atoms with Gasteiger partial charge in [-0.3, -0.25) is 9.89 Å². The summed E-state index contributed by atoms with van der Waals surface area (Å²) in [5.74, 6) is 1.16. The number of rotatable bonds is 4. The lowest BCUT2D eigenvalue weighted by Gasteiger charge is -2.26. The van der Waals surface area contributed by atoms with E-state index in [4.69, 9.17) is 16.1 Å². The minimum absolute atomic E-state index is 0.250. The van der Waals surface area contributed by atoms with Gasteiger partial charge in [-0.2, -0.15) is 10.1 Å².